The summed E-state index contributed by atoms with van der Waals surface area (Å²) in [4.78, 5) is 0. The van der Waals surface area contributed by atoms with Crippen LogP contribution < -0.4 is 5.32 Å². The summed E-state index contributed by atoms with van der Waals surface area (Å²) in [6.07, 6.45) is -4.31. The average Bonchev–Trinajstić information content (AvgIpc) is 2.28. The van der Waals surface area contributed by atoms with Crippen LogP contribution in [0.5, 0.6) is 0 Å². The second-order valence-electron chi connectivity index (χ2n) is 3.75. The molecule has 0 spiro atoms. The van der Waals surface area contributed by atoms with Crippen molar-refractivity contribution in [2.75, 3.05) is 20.3 Å². The second kappa shape index (κ2) is 6.02. The maximum atomic E-state index is 12.7. The highest BCUT2D eigenvalue weighted by Gasteiger charge is 2.33. The Morgan fingerprint density at radius 3 is 2.53 bits per heavy atom. The summed E-state index contributed by atoms with van der Waals surface area (Å²) in [6, 6.07) is 5.24. The fraction of sp³-hybridized carbons (Fsp3) is 0.500. The van der Waals surface area contributed by atoms with E-state index in [2.05, 4.69) is 5.32 Å². The molecule has 1 atom stereocenters. The molecule has 0 bridgehead atoms. The number of halogens is 3. The molecule has 1 unspecified atom stereocenters. The average molecular weight is 247 g/mol. The summed E-state index contributed by atoms with van der Waals surface area (Å²) in [7, 11) is 1.55. The standard InChI is InChI=1S/C12H16F3NO/c1-9(16-7-8-17-2)10-5-3-4-6-11(10)12(13,14)15/h3-6,9,16H,7-8H2,1-2H3. The first-order chi connectivity index (χ1) is 7.96. The zero-order valence-corrected chi connectivity index (χ0v) is 9.84. The van der Waals surface area contributed by atoms with Crippen molar-refractivity contribution in [2.45, 2.75) is 19.1 Å². The van der Waals surface area contributed by atoms with Gasteiger partial charge in [0.1, 0.15) is 0 Å². The van der Waals surface area contributed by atoms with E-state index in [1.54, 1.807) is 20.1 Å². The highest BCUT2D eigenvalue weighted by molar-refractivity contribution is 5.31. The zero-order chi connectivity index (χ0) is 12.9. The lowest BCUT2D eigenvalue weighted by Gasteiger charge is -2.19. The van der Waals surface area contributed by atoms with Gasteiger partial charge in [-0.2, -0.15) is 13.2 Å². The Morgan fingerprint density at radius 2 is 1.94 bits per heavy atom. The lowest BCUT2D eigenvalue weighted by molar-refractivity contribution is -0.138. The normalized spacial score (nSPS) is 13.7. The molecule has 0 saturated carbocycles. The van der Waals surface area contributed by atoms with Crippen LogP contribution in [-0.4, -0.2) is 20.3 Å². The number of nitrogens with one attached hydrogen (secondary N) is 1. The van der Waals surface area contributed by atoms with E-state index in [0.717, 1.165) is 6.07 Å². The van der Waals surface area contributed by atoms with Crippen LogP contribution in [0.15, 0.2) is 24.3 Å². The molecule has 17 heavy (non-hydrogen) atoms. The molecule has 0 amide bonds. The Bertz CT molecular complexity index is 352. The number of benzene rings is 1. The summed E-state index contributed by atoms with van der Waals surface area (Å²) in [6.45, 7) is 2.70. The van der Waals surface area contributed by atoms with Crippen molar-refractivity contribution < 1.29 is 17.9 Å². The van der Waals surface area contributed by atoms with Gasteiger partial charge in [-0.25, -0.2) is 0 Å². The molecule has 1 aromatic carbocycles. The third kappa shape index (κ3) is 4.02. The monoisotopic (exact) mass is 247 g/mol. The van der Waals surface area contributed by atoms with Gasteiger partial charge in [0, 0.05) is 19.7 Å². The number of alkyl halides is 3. The minimum absolute atomic E-state index is 0.260. The molecule has 0 aliphatic carbocycles. The first kappa shape index (κ1) is 14.0. The lowest BCUT2D eigenvalue weighted by atomic mass is 10.0. The van der Waals surface area contributed by atoms with Crippen LogP contribution in [0.25, 0.3) is 0 Å². The fourth-order valence-electron chi connectivity index (χ4n) is 1.62. The first-order valence-corrected chi connectivity index (χ1v) is 5.35. The molecular weight excluding hydrogens is 231 g/mol. The minimum atomic E-state index is -4.31. The maximum absolute atomic E-state index is 12.7. The molecule has 2 nitrogen and oxygen atoms in total. The van der Waals surface area contributed by atoms with E-state index in [1.807, 2.05) is 0 Å². The summed E-state index contributed by atoms with van der Waals surface area (Å²) >= 11 is 0. The molecule has 0 aliphatic rings. The predicted octanol–water partition coefficient (Wildman–Crippen LogP) is 3.00. The summed E-state index contributed by atoms with van der Waals surface area (Å²) < 4.78 is 43.1. The van der Waals surface area contributed by atoms with E-state index in [4.69, 9.17) is 4.74 Å². The molecule has 1 aromatic rings. The van der Waals surface area contributed by atoms with Crippen LogP contribution >= 0.6 is 0 Å². The molecule has 1 rings (SSSR count). The fourth-order valence-corrected chi connectivity index (χ4v) is 1.62. The van der Waals surface area contributed by atoms with E-state index in [9.17, 15) is 13.2 Å². The van der Waals surface area contributed by atoms with E-state index in [1.165, 1.54) is 12.1 Å². The molecular formula is C12H16F3NO. The highest BCUT2D eigenvalue weighted by Crippen LogP contribution is 2.34. The number of methoxy groups -OCH3 is 1. The van der Waals surface area contributed by atoms with Crippen LogP contribution in [0, 0.1) is 0 Å². The number of rotatable bonds is 5. The van der Waals surface area contributed by atoms with Gasteiger partial charge in [0.2, 0.25) is 0 Å². The topological polar surface area (TPSA) is 21.3 Å². The van der Waals surface area contributed by atoms with Crippen molar-refractivity contribution in [3.63, 3.8) is 0 Å². The molecule has 5 heteroatoms. The van der Waals surface area contributed by atoms with Crippen molar-refractivity contribution in [3.05, 3.63) is 35.4 Å². The Balaban J connectivity index is 2.82. The largest absolute Gasteiger partial charge is 0.416 e. The Hall–Kier alpha value is -1.07. The summed E-state index contributed by atoms with van der Waals surface area (Å²) in [5.41, 5.74) is -0.325. The van der Waals surface area contributed by atoms with Gasteiger partial charge in [0.25, 0.3) is 0 Å². The van der Waals surface area contributed by atoms with Crippen LogP contribution in [0.3, 0.4) is 0 Å². The van der Waals surface area contributed by atoms with E-state index in [-0.39, 0.29) is 11.6 Å². The van der Waals surface area contributed by atoms with Crippen LogP contribution in [0.2, 0.25) is 0 Å². The zero-order valence-electron chi connectivity index (χ0n) is 9.84. The van der Waals surface area contributed by atoms with Gasteiger partial charge in [0.15, 0.2) is 0 Å². The van der Waals surface area contributed by atoms with Crippen molar-refractivity contribution >= 4 is 0 Å². The number of hydrogen-bond acceptors (Lipinski definition) is 2. The van der Waals surface area contributed by atoms with E-state index in [0.29, 0.717) is 13.2 Å². The Kier molecular flexibility index (Phi) is 4.96. The van der Waals surface area contributed by atoms with Gasteiger partial charge in [-0.1, -0.05) is 18.2 Å². The molecule has 0 saturated heterocycles. The van der Waals surface area contributed by atoms with Crippen molar-refractivity contribution in [1.82, 2.24) is 5.32 Å². The lowest BCUT2D eigenvalue weighted by Crippen LogP contribution is -2.25. The van der Waals surface area contributed by atoms with Crippen LogP contribution in [-0.2, 0) is 10.9 Å². The molecule has 0 fully saturated rings. The van der Waals surface area contributed by atoms with Gasteiger partial charge >= 0.3 is 6.18 Å². The maximum Gasteiger partial charge on any atom is 0.416 e. The van der Waals surface area contributed by atoms with E-state index >= 15 is 0 Å². The van der Waals surface area contributed by atoms with E-state index < -0.39 is 11.7 Å². The summed E-state index contributed by atoms with van der Waals surface area (Å²) in [5.74, 6) is 0. The molecule has 0 heterocycles. The third-order valence-corrected chi connectivity index (χ3v) is 2.49. The minimum Gasteiger partial charge on any atom is -0.383 e. The molecule has 0 aromatic heterocycles. The summed E-state index contributed by atoms with van der Waals surface area (Å²) in [5, 5.41) is 2.99. The number of hydrogen-bond donors (Lipinski definition) is 1. The van der Waals surface area contributed by atoms with Crippen LogP contribution in [0.1, 0.15) is 24.1 Å². The van der Waals surface area contributed by atoms with Crippen LogP contribution in [0.4, 0.5) is 13.2 Å². The predicted molar refractivity (Wildman–Crippen MR) is 59.7 cm³/mol. The highest BCUT2D eigenvalue weighted by atomic mass is 19.4. The number of ether oxygens (including phenoxy) is 1. The van der Waals surface area contributed by atoms with Crippen molar-refractivity contribution in [1.29, 1.82) is 0 Å². The SMILES string of the molecule is COCCNC(C)c1ccccc1C(F)(F)F. The first-order valence-electron chi connectivity index (χ1n) is 5.35. The molecule has 1 N–H and O–H groups in total. The quantitative estimate of drug-likeness (QED) is 0.808. The van der Waals surface area contributed by atoms with Gasteiger partial charge in [-0.3, -0.25) is 0 Å². The molecule has 96 valence electrons. The van der Waals surface area contributed by atoms with Gasteiger partial charge in [-0.05, 0) is 18.6 Å². The molecule has 0 aliphatic heterocycles. The smallest absolute Gasteiger partial charge is 0.383 e. The second-order valence-corrected chi connectivity index (χ2v) is 3.75. The molecule has 0 radical (unpaired) electrons. The van der Waals surface area contributed by atoms with Crippen molar-refractivity contribution in [2.24, 2.45) is 0 Å². The Morgan fingerprint density at radius 1 is 1.29 bits per heavy atom. The van der Waals surface area contributed by atoms with Gasteiger partial charge < -0.3 is 10.1 Å². The third-order valence-electron chi connectivity index (χ3n) is 2.49. The Labute approximate surface area is 98.8 Å². The van der Waals surface area contributed by atoms with Crippen molar-refractivity contribution in [3.8, 4) is 0 Å². The van der Waals surface area contributed by atoms with Gasteiger partial charge in [0.05, 0.1) is 12.2 Å². The van der Waals surface area contributed by atoms with Gasteiger partial charge in [-0.15, -0.1) is 0 Å².